The molecule has 1 amide bonds. The zero-order valence-electron chi connectivity index (χ0n) is 14.9. The van der Waals surface area contributed by atoms with E-state index in [1.54, 1.807) is 30.3 Å². The van der Waals surface area contributed by atoms with Crippen LogP contribution in [0.4, 0.5) is 4.79 Å². The SMILES string of the molecule is Cc1ccccc1-c1oc(CN(C)C(=O)O)cc1S(=O)(=O)c1ccccc1. The van der Waals surface area contributed by atoms with Gasteiger partial charge in [-0.15, -0.1) is 0 Å². The predicted octanol–water partition coefficient (Wildman–Crippen LogP) is 4.20. The molecule has 0 unspecified atom stereocenters. The van der Waals surface area contributed by atoms with Crippen molar-refractivity contribution < 1.29 is 22.7 Å². The fraction of sp³-hybridized carbons (Fsp3) is 0.150. The minimum Gasteiger partial charge on any atom is -0.465 e. The molecule has 27 heavy (non-hydrogen) atoms. The van der Waals surface area contributed by atoms with E-state index in [2.05, 4.69) is 0 Å². The molecule has 140 valence electrons. The molecule has 2 aromatic carbocycles. The van der Waals surface area contributed by atoms with Crippen molar-refractivity contribution in [1.29, 1.82) is 0 Å². The molecule has 3 aromatic rings. The van der Waals surface area contributed by atoms with Crippen LogP contribution in [-0.2, 0) is 16.4 Å². The molecule has 0 bridgehead atoms. The van der Waals surface area contributed by atoms with Gasteiger partial charge in [0, 0.05) is 18.7 Å². The smallest absolute Gasteiger partial charge is 0.407 e. The second-order valence-corrected chi connectivity index (χ2v) is 8.09. The summed E-state index contributed by atoms with van der Waals surface area (Å²) in [6, 6.07) is 16.8. The number of amides is 1. The lowest BCUT2D eigenvalue weighted by molar-refractivity contribution is 0.150. The normalized spacial score (nSPS) is 11.3. The number of furan rings is 1. The van der Waals surface area contributed by atoms with Crippen LogP contribution < -0.4 is 0 Å². The van der Waals surface area contributed by atoms with Crippen LogP contribution in [0.1, 0.15) is 11.3 Å². The van der Waals surface area contributed by atoms with Gasteiger partial charge < -0.3 is 14.4 Å². The maximum atomic E-state index is 13.2. The Labute approximate surface area is 157 Å². The van der Waals surface area contributed by atoms with Crippen LogP contribution in [0.3, 0.4) is 0 Å². The second kappa shape index (κ2) is 7.28. The first kappa shape index (κ1) is 18.7. The Morgan fingerprint density at radius 1 is 1.07 bits per heavy atom. The molecule has 1 N–H and O–H groups in total. The largest absolute Gasteiger partial charge is 0.465 e. The summed E-state index contributed by atoms with van der Waals surface area (Å²) in [5.41, 5.74) is 1.51. The Balaban J connectivity index is 2.18. The zero-order chi connectivity index (χ0) is 19.6. The van der Waals surface area contributed by atoms with Gasteiger partial charge in [0.25, 0.3) is 0 Å². The van der Waals surface area contributed by atoms with Gasteiger partial charge in [-0.2, -0.15) is 0 Å². The van der Waals surface area contributed by atoms with Gasteiger partial charge in [-0.3, -0.25) is 0 Å². The van der Waals surface area contributed by atoms with Gasteiger partial charge in [-0.1, -0.05) is 42.5 Å². The predicted molar refractivity (Wildman–Crippen MR) is 100 cm³/mol. The Bertz CT molecular complexity index is 1070. The van der Waals surface area contributed by atoms with Crippen molar-refractivity contribution in [3.8, 4) is 11.3 Å². The highest BCUT2D eigenvalue weighted by Gasteiger charge is 2.27. The number of hydrogen-bond acceptors (Lipinski definition) is 4. The van der Waals surface area contributed by atoms with Gasteiger partial charge in [0.15, 0.2) is 5.76 Å². The highest BCUT2D eigenvalue weighted by atomic mass is 32.2. The van der Waals surface area contributed by atoms with Crippen LogP contribution in [0.5, 0.6) is 0 Å². The second-order valence-electron chi connectivity index (χ2n) is 6.18. The molecule has 7 heteroatoms. The minimum atomic E-state index is -3.83. The molecule has 6 nitrogen and oxygen atoms in total. The van der Waals surface area contributed by atoms with Crippen molar-refractivity contribution in [3.63, 3.8) is 0 Å². The van der Waals surface area contributed by atoms with E-state index in [0.717, 1.165) is 10.5 Å². The monoisotopic (exact) mass is 385 g/mol. The van der Waals surface area contributed by atoms with Crippen molar-refractivity contribution in [1.82, 2.24) is 4.90 Å². The summed E-state index contributed by atoms with van der Waals surface area (Å²) < 4.78 is 32.2. The van der Waals surface area contributed by atoms with Gasteiger partial charge in [0.2, 0.25) is 9.84 Å². The summed E-state index contributed by atoms with van der Waals surface area (Å²) in [5, 5.41) is 9.08. The molecule has 0 spiro atoms. The summed E-state index contributed by atoms with van der Waals surface area (Å²) in [4.78, 5) is 12.3. The molecular formula is C20H19NO5S. The van der Waals surface area contributed by atoms with Crippen molar-refractivity contribution in [3.05, 3.63) is 72.0 Å². The van der Waals surface area contributed by atoms with E-state index in [9.17, 15) is 13.2 Å². The molecule has 0 saturated carbocycles. The van der Waals surface area contributed by atoms with Crippen LogP contribution in [0, 0.1) is 6.92 Å². The van der Waals surface area contributed by atoms with E-state index in [1.165, 1.54) is 25.2 Å². The van der Waals surface area contributed by atoms with Crippen molar-refractivity contribution in [2.24, 2.45) is 0 Å². The Kier molecular flexibility index (Phi) is 5.05. The number of hydrogen-bond donors (Lipinski definition) is 1. The van der Waals surface area contributed by atoms with Crippen LogP contribution in [-0.4, -0.2) is 31.6 Å². The molecule has 0 radical (unpaired) electrons. The number of carboxylic acid groups (broad SMARTS) is 1. The molecular weight excluding hydrogens is 366 g/mol. The summed E-state index contributed by atoms with van der Waals surface area (Å²) in [5.74, 6) is 0.471. The maximum Gasteiger partial charge on any atom is 0.407 e. The maximum absolute atomic E-state index is 13.2. The van der Waals surface area contributed by atoms with Crippen LogP contribution in [0.2, 0.25) is 0 Å². The molecule has 0 saturated heterocycles. The van der Waals surface area contributed by atoms with E-state index < -0.39 is 15.9 Å². The lowest BCUT2D eigenvalue weighted by Crippen LogP contribution is -2.23. The first-order valence-corrected chi connectivity index (χ1v) is 9.72. The number of rotatable bonds is 5. The topological polar surface area (TPSA) is 87.8 Å². The van der Waals surface area contributed by atoms with Gasteiger partial charge in [0.1, 0.15) is 10.7 Å². The summed E-state index contributed by atoms with van der Waals surface area (Å²) in [6.07, 6.45) is -1.13. The molecule has 0 fully saturated rings. The Hall–Kier alpha value is -3.06. The van der Waals surface area contributed by atoms with Gasteiger partial charge in [0.05, 0.1) is 11.4 Å². The van der Waals surface area contributed by atoms with E-state index >= 15 is 0 Å². The highest BCUT2D eigenvalue weighted by molar-refractivity contribution is 7.91. The lowest BCUT2D eigenvalue weighted by atomic mass is 10.1. The third kappa shape index (κ3) is 3.73. The number of nitrogens with zero attached hydrogens (tertiary/aromatic N) is 1. The van der Waals surface area contributed by atoms with E-state index in [-0.39, 0.29) is 27.9 Å². The molecule has 0 aliphatic rings. The standard InChI is InChI=1S/C20H19NO5S/c1-14-8-6-7-11-17(14)19-18(12-15(26-19)13-21(2)20(22)23)27(24,25)16-9-4-3-5-10-16/h3-12H,13H2,1-2H3,(H,22,23). The molecule has 1 heterocycles. The fourth-order valence-electron chi connectivity index (χ4n) is 2.74. The third-order valence-corrected chi connectivity index (χ3v) is 5.98. The van der Waals surface area contributed by atoms with Crippen molar-refractivity contribution in [2.75, 3.05) is 7.05 Å². The van der Waals surface area contributed by atoms with Crippen LogP contribution in [0.15, 0.2) is 74.9 Å². The Morgan fingerprint density at radius 3 is 2.33 bits per heavy atom. The average Bonchev–Trinajstić information content (AvgIpc) is 3.07. The molecule has 3 rings (SSSR count). The van der Waals surface area contributed by atoms with Crippen LogP contribution in [0.25, 0.3) is 11.3 Å². The molecule has 0 atom stereocenters. The third-order valence-electron chi connectivity index (χ3n) is 4.20. The average molecular weight is 385 g/mol. The van der Waals surface area contributed by atoms with Gasteiger partial charge in [-0.25, -0.2) is 13.2 Å². The van der Waals surface area contributed by atoms with E-state index in [4.69, 9.17) is 9.52 Å². The lowest BCUT2D eigenvalue weighted by Gasteiger charge is -2.10. The number of sulfone groups is 1. The summed E-state index contributed by atoms with van der Waals surface area (Å²) in [7, 11) is -2.44. The zero-order valence-corrected chi connectivity index (χ0v) is 15.7. The number of benzene rings is 2. The molecule has 0 aliphatic carbocycles. The number of aryl methyl sites for hydroxylation is 1. The fourth-order valence-corrected chi connectivity index (χ4v) is 4.20. The van der Waals surface area contributed by atoms with E-state index in [0.29, 0.717) is 5.56 Å². The first-order valence-electron chi connectivity index (χ1n) is 8.23. The first-order chi connectivity index (χ1) is 12.8. The van der Waals surface area contributed by atoms with E-state index in [1.807, 2.05) is 19.1 Å². The van der Waals surface area contributed by atoms with Crippen LogP contribution >= 0.6 is 0 Å². The molecule has 0 aliphatic heterocycles. The minimum absolute atomic E-state index is 0.0248. The van der Waals surface area contributed by atoms with Crippen molar-refractivity contribution >= 4 is 15.9 Å². The van der Waals surface area contributed by atoms with Crippen molar-refractivity contribution in [2.45, 2.75) is 23.3 Å². The number of carbonyl (C=O) groups is 1. The van der Waals surface area contributed by atoms with Gasteiger partial charge >= 0.3 is 6.09 Å². The molecule has 1 aromatic heterocycles. The van der Waals surface area contributed by atoms with Gasteiger partial charge in [-0.05, 0) is 24.6 Å². The summed E-state index contributed by atoms with van der Waals surface area (Å²) in [6.45, 7) is 1.80. The highest BCUT2D eigenvalue weighted by Crippen LogP contribution is 2.36. The quantitative estimate of drug-likeness (QED) is 0.711. The summed E-state index contributed by atoms with van der Waals surface area (Å²) >= 11 is 0. The Morgan fingerprint density at radius 2 is 1.70 bits per heavy atom.